The average Bonchev–Trinajstić information content (AvgIpc) is 2.95. The molecule has 0 spiro atoms. The average molecular weight is 283 g/mol. The Kier molecular flexibility index (Phi) is 4.04. The molecule has 0 fully saturated rings. The molecule has 1 N–H and O–H groups in total. The third-order valence-electron chi connectivity index (χ3n) is 3.34. The monoisotopic (exact) mass is 283 g/mol. The number of pyridine rings is 2. The van der Waals surface area contributed by atoms with Crippen molar-refractivity contribution in [1.82, 2.24) is 15.3 Å². The molecule has 0 aliphatic carbocycles. The van der Waals surface area contributed by atoms with Gasteiger partial charge in [-0.05, 0) is 47.7 Å². The minimum absolute atomic E-state index is 0.281. The Morgan fingerprint density at radius 1 is 1.30 bits per heavy atom. The molecule has 20 heavy (non-hydrogen) atoms. The summed E-state index contributed by atoms with van der Waals surface area (Å²) >= 11 is 1.74. The first-order valence-corrected chi connectivity index (χ1v) is 7.70. The van der Waals surface area contributed by atoms with Crippen molar-refractivity contribution >= 4 is 21.6 Å². The molecule has 0 radical (unpaired) electrons. The van der Waals surface area contributed by atoms with Crippen molar-refractivity contribution in [2.45, 2.75) is 19.4 Å². The van der Waals surface area contributed by atoms with Crippen molar-refractivity contribution < 1.29 is 0 Å². The van der Waals surface area contributed by atoms with Crippen LogP contribution in [0.4, 0.5) is 0 Å². The number of rotatable bonds is 5. The third kappa shape index (κ3) is 2.86. The van der Waals surface area contributed by atoms with E-state index in [9.17, 15) is 0 Å². The van der Waals surface area contributed by atoms with Gasteiger partial charge in [-0.2, -0.15) is 0 Å². The molecule has 3 nitrogen and oxygen atoms in total. The first-order valence-electron chi connectivity index (χ1n) is 6.82. The Labute approximate surface area is 122 Å². The zero-order valence-corrected chi connectivity index (χ0v) is 12.2. The number of thiophene rings is 1. The largest absolute Gasteiger partial charge is 0.310 e. The van der Waals surface area contributed by atoms with Crippen LogP contribution < -0.4 is 5.32 Å². The lowest BCUT2D eigenvalue weighted by atomic mass is 10.0. The molecule has 3 aromatic rings. The van der Waals surface area contributed by atoms with Gasteiger partial charge in [-0.15, -0.1) is 11.3 Å². The summed E-state index contributed by atoms with van der Waals surface area (Å²) in [6.07, 6.45) is 6.66. The highest BCUT2D eigenvalue weighted by atomic mass is 32.1. The van der Waals surface area contributed by atoms with Gasteiger partial charge in [0.05, 0.1) is 10.2 Å². The Morgan fingerprint density at radius 2 is 2.25 bits per heavy atom. The fourth-order valence-corrected chi connectivity index (χ4v) is 3.15. The summed E-state index contributed by atoms with van der Waals surface area (Å²) in [4.78, 5) is 8.73. The Balaban J connectivity index is 1.89. The molecule has 102 valence electrons. The second-order valence-electron chi connectivity index (χ2n) is 4.75. The number of aromatic nitrogens is 2. The van der Waals surface area contributed by atoms with Gasteiger partial charge in [0.2, 0.25) is 0 Å². The van der Waals surface area contributed by atoms with Gasteiger partial charge in [-0.1, -0.05) is 13.0 Å². The summed E-state index contributed by atoms with van der Waals surface area (Å²) in [5.74, 6) is 0. The summed E-state index contributed by atoms with van der Waals surface area (Å²) in [6, 6.07) is 8.69. The van der Waals surface area contributed by atoms with E-state index in [1.54, 1.807) is 11.3 Å². The van der Waals surface area contributed by atoms with E-state index >= 15 is 0 Å². The first-order chi connectivity index (χ1) is 9.86. The highest BCUT2D eigenvalue weighted by Gasteiger charge is 2.12. The molecular formula is C16H17N3S. The molecule has 0 aliphatic rings. The quantitative estimate of drug-likeness (QED) is 0.777. The van der Waals surface area contributed by atoms with Gasteiger partial charge in [0, 0.05) is 24.6 Å². The van der Waals surface area contributed by atoms with Crippen molar-refractivity contribution in [1.29, 1.82) is 0 Å². The van der Waals surface area contributed by atoms with E-state index in [0.717, 1.165) is 18.5 Å². The van der Waals surface area contributed by atoms with Crippen LogP contribution in [0, 0.1) is 0 Å². The van der Waals surface area contributed by atoms with Crippen molar-refractivity contribution in [3.8, 4) is 0 Å². The molecule has 0 aliphatic heterocycles. The first kappa shape index (κ1) is 13.2. The molecule has 0 bridgehead atoms. The third-order valence-corrected chi connectivity index (χ3v) is 4.19. The SMILES string of the molecule is CCNC(Cc1cccnc1)c1cnc2ccsc2c1. The fourth-order valence-electron chi connectivity index (χ4n) is 2.36. The second-order valence-corrected chi connectivity index (χ2v) is 5.70. The Morgan fingerprint density at radius 3 is 3.05 bits per heavy atom. The zero-order chi connectivity index (χ0) is 13.8. The van der Waals surface area contributed by atoms with Crippen LogP contribution in [0.1, 0.15) is 24.1 Å². The van der Waals surface area contributed by atoms with Gasteiger partial charge < -0.3 is 5.32 Å². The second kappa shape index (κ2) is 6.11. The number of likely N-dealkylation sites (N-methyl/N-ethyl adjacent to an activating group) is 1. The summed E-state index contributed by atoms with van der Waals surface area (Å²) in [6.45, 7) is 3.07. The molecule has 0 amide bonds. The zero-order valence-electron chi connectivity index (χ0n) is 11.4. The van der Waals surface area contributed by atoms with E-state index in [0.29, 0.717) is 0 Å². The molecule has 3 rings (SSSR count). The molecular weight excluding hydrogens is 266 g/mol. The van der Waals surface area contributed by atoms with Crippen LogP contribution in [0.3, 0.4) is 0 Å². The number of fused-ring (bicyclic) bond motifs is 1. The van der Waals surface area contributed by atoms with Crippen LogP contribution in [0.15, 0.2) is 48.2 Å². The molecule has 0 saturated carbocycles. The van der Waals surface area contributed by atoms with Crippen LogP contribution in [0.5, 0.6) is 0 Å². The molecule has 3 aromatic heterocycles. The number of hydrogen-bond acceptors (Lipinski definition) is 4. The van der Waals surface area contributed by atoms with Gasteiger partial charge in [-0.3, -0.25) is 9.97 Å². The van der Waals surface area contributed by atoms with Gasteiger partial charge >= 0.3 is 0 Å². The lowest BCUT2D eigenvalue weighted by molar-refractivity contribution is 0.548. The highest BCUT2D eigenvalue weighted by molar-refractivity contribution is 7.17. The summed E-state index contributed by atoms with van der Waals surface area (Å²) < 4.78 is 1.25. The normalized spacial score (nSPS) is 12.7. The smallest absolute Gasteiger partial charge is 0.0809 e. The molecule has 3 heterocycles. The minimum atomic E-state index is 0.281. The van der Waals surface area contributed by atoms with E-state index in [-0.39, 0.29) is 6.04 Å². The predicted molar refractivity (Wildman–Crippen MR) is 84.0 cm³/mol. The van der Waals surface area contributed by atoms with Crippen LogP contribution in [0.25, 0.3) is 10.2 Å². The van der Waals surface area contributed by atoms with Crippen molar-refractivity contribution in [2.24, 2.45) is 0 Å². The van der Waals surface area contributed by atoms with Gasteiger partial charge in [0.15, 0.2) is 0 Å². The van der Waals surface area contributed by atoms with Gasteiger partial charge in [0.25, 0.3) is 0 Å². The van der Waals surface area contributed by atoms with Crippen molar-refractivity contribution in [2.75, 3.05) is 6.54 Å². The van der Waals surface area contributed by atoms with E-state index in [4.69, 9.17) is 0 Å². The summed E-state index contributed by atoms with van der Waals surface area (Å²) in [5, 5.41) is 5.63. The Bertz CT molecular complexity index is 678. The van der Waals surface area contributed by atoms with Crippen LogP contribution >= 0.6 is 11.3 Å². The van der Waals surface area contributed by atoms with E-state index in [1.165, 1.54) is 15.8 Å². The van der Waals surface area contributed by atoms with Crippen molar-refractivity contribution in [3.63, 3.8) is 0 Å². The maximum absolute atomic E-state index is 4.54. The van der Waals surface area contributed by atoms with Gasteiger partial charge in [-0.25, -0.2) is 0 Å². The highest BCUT2D eigenvalue weighted by Crippen LogP contribution is 2.24. The summed E-state index contributed by atoms with van der Waals surface area (Å²) in [7, 11) is 0. The summed E-state index contributed by atoms with van der Waals surface area (Å²) in [5.41, 5.74) is 3.56. The van der Waals surface area contributed by atoms with Crippen LogP contribution in [-0.2, 0) is 6.42 Å². The number of hydrogen-bond donors (Lipinski definition) is 1. The maximum atomic E-state index is 4.54. The number of nitrogens with one attached hydrogen (secondary N) is 1. The molecule has 4 heteroatoms. The van der Waals surface area contributed by atoms with E-state index in [2.05, 4.69) is 45.8 Å². The predicted octanol–water partition coefficient (Wildman–Crippen LogP) is 3.58. The molecule has 0 aromatic carbocycles. The Hall–Kier alpha value is -1.78. The van der Waals surface area contributed by atoms with Crippen molar-refractivity contribution in [3.05, 3.63) is 59.4 Å². The van der Waals surface area contributed by atoms with E-state index in [1.807, 2.05) is 24.7 Å². The van der Waals surface area contributed by atoms with Crippen LogP contribution in [0.2, 0.25) is 0 Å². The topological polar surface area (TPSA) is 37.8 Å². The fraction of sp³-hybridized carbons (Fsp3) is 0.250. The molecule has 1 unspecified atom stereocenters. The minimum Gasteiger partial charge on any atom is -0.310 e. The number of nitrogens with zero attached hydrogens (tertiary/aromatic N) is 2. The van der Waals surface area contributed by atoms with E-state index < -0.39 is 0 Å². The molecule has 1 atom stereocenters. The standard InChI is InChI=1S/C16H17N3S/c1-2-18-15(8-12-4-3-6-17-10-12)13-9-16-14(19-11-13)5-7-20-16/h3-7,9-11,15,18H,2,8H2,1H3. The lowest BCUT2D eigenvalue weighted by Gasteiger charge is -2.18. The maximum Gasteiger partial charge on any atom is 0.0809 e. The van der Waals surface area contributed by atoms with Crippen LogP contribution in [-0.4, -0.2) is 16.5 Å². The molecule has 0 saturated heterocycles. The van der Waals surface area contributed by atoms with Gasteiger partial charge in [0.1, 0.15) is 0 Å². The lowest BCUT2D eigenvalue weighted by Crippen LogP contribution is -2.23.